The fourth-order valence-corrected chi connectivity index (χ4v) is 6.14. The molecule has 0 unspecified atom stereocenters. The highest BCUT2D eigenvalue weighted by molar-refractivity contribution is 7.92. The first-order valence-corrected chi connectivity index (χ1v) is 15.4. The molecule has 1 aliphatic rings. The lowest BCUT2D eigenvalue weighted by Crippen LogP contribution is -2.37. The molecule has 6 rings (SSSR count). The van der Waals surface area contributed by atoms with Gasteiger partial charge in [0, 0.05) is 42.7 Å². The van der Waals surface area contributed by atoms with Crippen molar-refractivity contribution in [3.8, 4) is 11.5 Å². The Hall–Kier alpha value is -5.20. The summed E-state index contributed by atoms with van der Waals surface area (Å²) >= 11 is 0. The molecule has 2 heterocycles. The molecule has 0 aliphatic carbocycles. The summed E-state index contributed by atoms with van der Waals surface area (Å²) in [5.74, 6) is 0.178. The van der Waals surface area contributed by atoms with E-state index in [0.717, 1.165) is 13.0 Å². The summed E-state index contributed by atoms with van der Waals surface area (Å²) in [7, 11) is -2.70. The van der Waals surface area contributed by atoms with Crippen LogP contribution in [0.3, 0.4) is 0 Å². The summed E-state index contributed by atoms with van der Waals surface area (Å²) in [4.78, 5) is 24.0. The fourth-order valence-electron chi connectivity index (χ4n) is 5.09. The van der Waals surface area contributed by atoms with Crippen LogP contribution in [-0.2, 0) is 27.8 Å². The number of rotatable bonds is 9. The topological polar surface area (TPSA) is 146 Å². The van der Waals surface area contributed by atoms with Crippen molar-refractivity contribution in [3.63, 3.8) is 0 Å². The van der Waals surface area contributed by atoms with Gasteiger partial charge in [0.1, 0.15) is 11.5 Å². The maximum atomic E-state index is 13.6. The van der Waals surface area contributed by atoms with Gasteiger partial charge in [0.25, 0.3) is 10.0 Å². The first-order chi connectivity index (χ1) is 21.3. The average molecular weight is 627 g/mol. The molecule has 0 saturated carbocycles. The van der Waals surface area contributed by atoms with E-state index >= 15 is 0 Å². The van der Waals surface area contributed by atoms with E-state index in [2.05, 4.69) is 42.4 Å². The number of nitrogens with zero attached hydrogens (tertiary/aromatic N) is 3. The van der Waals surface area contributed by atoms with Gasteiger partial charge in [0.15, 0.2) is 11.6 Å². The van der Waals surface area contributed by atoms with Crippen molar-refractivity contribution in [2.24, 2.45) is 0 Å². The lowest BCUT2D eigenvalue weighted by Gasteiger charge is -2.28. The number of nitrogens with one attached hydrogen (secondary N) is 3. The van der Waals surface area contributed by atoms with Crippen molar-refractivity contribution in [1.29, 1.82) is 0 Å². The number of phenolic OH excluding ortho intramolecular Hbond substituents is 1. The molecule has 4 aromatic carbocycles. The normalized spacial score (nSPS) is 12.9. The molecule has 232 valence electrons. The van der Waals surface area contributed by atoms with Gasteiger partial charge in [-0.1, -0.05) is 49.9 Å². The summed E-state index contributed by atoms with van der Waals surface area (Å²) in [6.07, 6.45) is 0.871. The van der Waals surface area contributed by atoms with Crippen LogP contribution in [-0.4, -0.2) is 54.5 Å². The number of para-hydroxylation sites is 2. The summed E-state index contributed by atoms with van der Waals surface area (Å²) in [5.41, 5.74) is 4.28. The van der Waals surface area contributed by atoms with E-state index in [0.29, 0.717) is 34.7 Å². The highest BCUT2D eigenvalue weighted by atomic mass is 32.2. The number of hydrogen-bond acceptors (Lipinski definition) is 9. The SMILES string of the molecule is C.COc1cc(O)cc(Nc2nc3ccccc3nc2NS(=O)(=O)c2cccc(NC(=O)CN3CCc4ccccc4C3)c2)c1. The summed E-state index contributed by atoms with van der Waals surface area (Å²) < 4.78 is 34.9. The average Bonchev–Trinajstić information content (AvgIpc) is 3.01. The van der Waals surface area contributed by atoms with E-state index in [1.165, 1.54) is 42.5 Å². The Bertz CT molecular complexity index is 1970. The number of benzene rings is 4. The molecule has 0 radical (unpaired) electrons. The van der Waals surface area contributed by atoms with E-state index in [4.69, 9.17) is 4.74 Å². The summed E-state index contributed by atoms with van der Waals surface area (Å²) in [5, 5.41) is 16.0. The van der Waals surface area contributed by atoms with Gasteiger partial charge >= 0.3 is 0 Å². The Balaban J connectivity index is 0.00000400. The molecule has 1 aliphatic heterocycles. The van der Waals surface area contributed by atoms with Crippen molar-refractivity contribution in [1.82, 2.24) is 14.9 Å². The third kappa shape index (κ3) is 7.31. The molecule has 4 N–H and O–H groups in total. The zero-order valence-corrected chi connectivity index (χ0v) is 24.6. The molecule has 0 bridgehead atoms. The third-order valence-corrected chi connectivity index (χ3v) is 8.53. The van der Waals surface area contributed by atoms with E-state index in [-0.39, 0.29) is 42.2 Å². The van der Waals surface area contributed by atoms with Gasteiger partial charge in [-0.15, -0.1) is 0 Å². The molecule has 1 amide bonds. The molecule has 45 heavy (non-hydrogen) atoms. The Labute approximate surface area is 262 Å². The molecule has 0 saturated heterocycles. The number of ether oxygens (including phenoxy) is 1. The van der Waals surface area contributed by atoms with Gasteiger partial charge in [-0.3, -0.25) is 14.4 Å². The van der Waals surface area contributed by atoms with Crippen LogP contribution < -0.4 is 20.1 Å². The van der Waals surface area contributed by atoms with Crippen molar-refractivity contribution >= 4 is 50.0 Å². The number of hydrogen-bond donors (Lipinski definition) is 4. The van der Waals surface area contributed by atoms with Crippen LogP contribution >= 0.6 is 0 Å². The van der Waals surface area contributed by atoms with Crippen molar-refractivity contribution in [3.05, 3.63) is 102 Å². The van der Waals surface area contributed by atoms with Crippen LogP contribution in [0.25, 0.3) is 11.0 Å². The number of aromatic nitrogens is 2. The molecule has 12 heteroatoms. The van der Waals surface area contributed by atoms with Crippen LogP contribution in [0.1, 0.15) is 18.6 Å². The number of carbonyl (C=O) groups excluding carboxylic acids is 1. The molecule has 0 fully saturated rings. The van der Waals surface area contributed by atoms with Gasteiger partial charge in [-0.2, -0.15) is 0 Å². The van der Waals surface area contributed by atoms with Crippen LogP contribution in [0.5, 0.6) is 11.5 Å². The predicted octanol–water partition coefficient (Wildman–Crippen LogP) is 5.52. The molecular weight excluding hydrogens is 592 g/mol. The quantitative estimate of drug-likeness (QED) is 0.166. The number of carbonyl (C=O) groups is 1. The van der Waals surface area contributed by atoms with E-state index < -0.39 is 10.0 Å². The monoisotopic (exact) mass is 626 g/mol. The lowest BCUT2D eigenvalue weighted by molar-refractivity contribution is -0.117. The maximum absolute atomic E-state index is 13.6. The summed E-state index contributed by atoms with van der Waals surface area (Å²) in [6.45, 7) is 1.63. The third-order valence-electron chi connectivity index (χ3n) is 7.20. The van der Waals surface area contributed by atoms with Gasteiger partial charge in [0.2, 0.25) is 5.91 Å². The number of amides is 1. The number of phenols is 1. The van der Waals surface area contributed by atoms with Crippen LogP contribution in [0.15, 0.2) is 95.9 Å². The van der Waals surface area contributed by atoms with E-state index in [9.17, 15) is 18.3 Å². The zero-order valence-electron chi connectivity index (χ0n) is 23.8. The minimum Gasteiger partial charge on any atom is -0.508 e. The smallest absolute Gasteiger partial charge is 0.263 e. The first-order valence-electron chi connectivity index (χ1n) is 13.9. The van der Waals surface area contributed by atoms with E-state index in [1.807, 2.05) is 12.1 Å². The predicted molar refractivity (Wildman–Crippen MR) is 176 cm³/mol. The first kappa shape index (κ1) is 31.2. The number of anilines is 4. The van der Waals surface area contributed by atoms with Crippen LogP contribution in [0.2, 0.25) is 0 Å². The standard InChI is InChI=1S/C32H30N6O5S.CH4/c1-43-26-16-24(15-25(39)18-26)34-31-32(36-29-12-5-4-11-28(29)35-31)37-44(41,42)27-10-6-9-23(17-27)33-30(40)20-38-14-13-21-7-2-3-8-22(21)19-38;/h2-12,15-18,39H,13-14,19-20H2,1H3,(H,33,40)(H,34,35)(H,36,37);1H4. The second-order valence-electron chi connectivity index (χ2n) is 10.4. The molecule has 0 atom stereocenters. The second kappa shape index (κ2) is 13.2. The fraction of sp³-hybridized carbons (Fsp3) is 0.182. The molecule has 5 aromatic rings. The Kier molecular flexibility index (Phi) is 9.16. The second-order valence-corrected chi connectivity index (χ2v) is 12.0. The van der Waals surface area contributed by atoms with Gasteiger partial charge in [-0.25, -0.2) is 18.4 Å². The van der Waals surface area contributed by atoms with Gasteiger partial charge in [0.05, 0.1) is 29.6 Å². The van der Waals surface area contributed by atoms with Crippen LogP contribution in [0.4, 0.5) is 23.0 Å². The molecule has 11 nitrogen and oxygen atoms in total. The van der Waals surface area contributed by atoms with E-state index in [1.54, 1.807) is 42.5 Å². The minimum absolute atomic E-state index is 0. The van der Waals surface area contributed by atoms with Crippen molar-refractivity contribution in [2.45, 2.75) is 25.3 Å². The minimum atomic E-state index is -4.16. The number of aromatic hydroxyl groups is 1. The molecule has 0 spiro atoms. The molecular formula is C33H34N6O5S. The number of sulfonamides is 1. The van der Waals surface area contributed by atoms with Crippen LogP contribution in [0, 0.1) is 0 Å². The lowest BCUT2D eigenvalue weighted by atomic mass is 10.00. The molecule has 1 aromatic heterocycles. The maximum Gasteiger partial charge on any atom is 0.263 e. The Morgan fingerprint density at radius 2 is 1.60 bits per heavy atom. The zero-order chi connectivity index (χ0) is 30.7. The van der Waals surface area contributed by atoms with Crippen molar-refractivity contribution in [2.75, 3.05) is 35.6 Å². The summed E-state index contributed by atoms with van der Waals surface area (Å²) in [6, 6.07) is 25.8. The number of fused-ring (bicyclic) bond motifs is 2. The van der Waals surface area contributed by atoms with Gasteiger partial charge in [-0.05, 0) is 47.9 Å². The number of methoxy groups -OCH3 is 1. The Morgan fingerprint density at radius 3 is 2.36 bits per heavy atom. The highest BCUT2D eigenvalue weighted by Crippen LogP contribution is 2.31. The van der Waals surface area contributed by atoms with Crippen molar-refractivity contribution < 1.29 is 23.1 Å². The largest absolute Gasteiger partial charge is 0.508 e. The Morgan fingerprint density at radius 1 is 0.889 bits per heavy atom. The highest BCUT2D eigenvalue weighted by Gasteiger charge is 2.21. The van der Waals surface area contributed by atoms with Gasteiger partial charge < -0.3 is 20.5 Å².